The highest BCUT2D eigenvalue weighted by Crippen LogP contribution is 2.28. The number of piperidine rings is 1. The van der Waals surface area contributed by atoms with Crippen molar-refractivity contribution in [3.05, 3.63) is 18.2 Å². The first-order valence-electron chi connectivity index (χ1n) is 7.64. The maximum absolute atomic E-state index is 12.2. The van der Waals surface area contributed by atoms with E-state index in [0.717, 1.165) is 0 Å². The van der Waals surface area contributed by atoms with E-state index < -0.39 is 0 Å². The summed E-state index contributed by atoms with van der Waals surface area (Å²) in [6.07, 6.45) is 1.12. The van der Waals surface area contributed by atoms with Crippen LogP contribution >= 0.6 is 0 Å². The minimum atomic E-state index is -0.260. The number of hydrogen-bond acceptors (Lipinski definition) is 5. The van der Waals surface area contributed by atoms with E-state index in [1.54, 1.807) is 18.2 Å². The minimum Gasteiger partial charge on any atom is -0.495 e. The SMILES string of the molecule is COc1ccc(NC(C)=O)cc1NC(=O)CN1CCC(O)CC1. The van der Waals surface area contributed by atoms with Crippen LogP contribution in [0.2, 0.25) is 0 Å². The van der Waals surface area contributed by atoms with Gasteiger partial charge in [0, 0.05) is 25.7 Å². The Bertz CT molecular complexity index is 568. The van der Waals surface area contributed by atoms with Gasteiger partial charge in [-0.05, 0) is 31.0 Å². The highest BCUT2D eigenvalue weighted by Gasteiger charge is 2.19. The fraction of sp³-hybridized carbons (Fsp3) is 0.500. The quantitative estimate of drug-likeness (QED) is 0.754. The molecule has 1 aliphatic rings. The van der Waals surface area contributed by atoms with E-state index in [1.807, 2.05) is 4.90 Å². The lowest BCUT2D eigenvalue weighted by atomic mass is 10.1. The maximum atomic E-state index is 12.2. The molecule has 1 heterocycles. The monoisotopic (exact) mass is 321 g/mol. The normalized spacial score (nSPS) is 16.0. The highest BCUT2D eigenvalue weighted by atomic mass is 16.5. The largest absolute Gasteiger partial charge is 0.495 e. The predicted molar refractivity (Wildman–Crippen MR) is 87.6 cm³/mol. The zero-order chi connectivity index (χ0) is 16.8. The number of aliphatic hydroxyl groups is 1. The summed E-state index contributed by atoms with van der Waals surface area (Å²) in [5, 5.41) is 15.0. The summed E-state index contributed by atoms with van der Waals surface area (Å²) in [6, 6.07) is 5.07. The number of methoxy groups -OCH3 is 1. The van der Waals surface area contributed by atoms with Crippen LogP contribution in [0.25, 0.3) is 0 Å². The number of likely N-dealkylation sites (tertiary alicyclic amines) is 1. The number of anilines is 2. The maximum Gasteiger partial charge on any atom is 0.238 e. The molecule has 0 spiro atoms. The third kappa shape index (κ3) is 5.22. The molecule has 0 saturated carbocycles. The molecule has 1 aliphatic heterocycles. The Balaban J connectivity index is 1.99. The second-order valence-electron chi connectivity index (χ2n) is 5.65. The van der Waals surface area contributed by atoms with E-state index in [9.17, 15) is 14.7 Å². The summed E-state index contributed by atoms with van der Waals surface area (Å²) < 4.78 is 5.24. The molecule has 0 atom stereocenters. The van der Waals surface area contributed by atoms with Gasteiger partial charge in [-0.3, -0.25) is 14.5 Å². The van der Waals surface area contributed by atoms with Gasteiger partial charge in [-0.1, -0.05) is 0 Å². The van der Waals surface area contributed by atoms with Crippen LogP contribution in [0.15, 0.2) is 18.2 Å². The van der Waals surface area contributed by atoms with Gasteiger partial charge >= 0.3 is 0 Å². The number of benzene rings is 1. The van der Waals surface area contributed by atoms with Crippen molar-refractivity contribution in [1.29, 1.82) is 0 Å². The number of amides is 2. The summed E-state index contributed by atoms with van der Waals surface area (Å²) in [6.45, 7) is 3.10. The predicted octanol–water partition coefficient (Wildman–Crippen LogP) is 1.05. The number of nitrogens with one attached hydrogen (secondary N) is 2. The van der Waals surface area contributed by atoms with Gasteiger partial charge in [0.2, 0.25) is 11.8 Å². The van der Waals surface area contributed by atoms with Crippen molar-refractivity contribution in [3.8, 4) is 5.75 Å². The second-order valence-corrected chi connectivity index (χ2v) is 5.65. The Morgan fingerprint density at radius 2 is 2.00 bits per heavy atom. The molecule has 126 valence electrons. The van der Waals surface area contributed by atoms with E-state index in [2.05, 4.69) is 10.6 Å². The van der Waals surface area contributed by atoms with E-state index in [-0.39, 0.29) is 24.5 Å². The average Bonchev–Trinajstić information content (AvgIpc) is 2.49. The van der Waals surface area contributed by atoms with E-state index in [0.29, 0.717) is 43.1 Å². The summed E-state index contributed by atoms with van der Waals surface area (Å²) in [5.41, 5.74) is 1.11. The number of carbonyl (C=O) groups excluding carboxylic acids is 2. The molecule has 1 aromatic rings. The van der Waals surface area contributed by atoms with E-state index >= 15 is 0 Å². The van der Waals surface area contributed by atoms with Crippen molar-refractivity contribution < 1.29 is 19.4 Å². The summed E-state index contributed by atoms with van der Waals surface area (Å²) in [7, 11) is 1.52. The average molecular weight is 321 g/mol. The smallest absolute Gasteiger partial charge is 0.238 e. The van der Waals surface area contributed by atoms with Crippen molar-refractivity contribution in [2.45, 2.75) is 25.9 Å². The van der Waals surface area contributed by atoms with Gasteiger partial charge in [0.1, 0.15) is 5.75 Å². The number of aliphatic hydroxyl groups excluding tert-OH is 1. The number of hydrogen-bond donors (Lipinski definition) is 3. The molecule has 2 amide bonds. The second kappa shape index (κ2) is 7.94. The molecule has 23 heavy (non-hydrogen) atoms. The van der Waals surface area contributed by atoms with Crippen LogP contribution in [0.4, 0.5) is 11.4 Å². The van der Waals surface area contributed by atoms with Crippen LogP contribution < -0.4 is 15.4 Å². The molecule has 7 nitrogen and oxygen atoms in total. The molecule has 1 saturated heterocycles. The van der Waals surface area contributed by atoms with Gasteiger partial charge < -0.3 is 20.5 Å². The Hall–Kier alpha value is -2.12. The topological polar surface area (TPSA) is 90.9 Å². The fourth-order valence-corrected chi connectivity index (χ4v) is 2.56. The zero-order valence-electron chi connectivity index (χ0n) is 13.5. The first kappa shape index (κ1) is 17.2. The standard InChI is InChI=1S/C16H23N3O4/c1-11(20)17-12-3-4-15(23-2)14(9-12)18-16(22)10-19-7-5-13(21)6-8-19/h3-4,9,13,21H,5-8,10H2,1-2H3,(H,17,20)(H,18,22). The highest BCUT2D eigenvalue weighted by molar-refractivity contribution is 5.95. The van der Waals surface area contributed by atoms with Crippen molar-refractivity contribution in [3.63, 3.8) is 0 Å². The molecular weight excluding hydrogens is 298 g/mol. The lowest BCUT2D eigenvalue weighted by molar-refractivity contribution is -0.118. The third-order valence-electron chi connectivity index (χ3n) is 3.72. The van der Waals surface area contributed by atoms with Gasteiger partial charge in [0.25, 0.3) is 0 Å². The van der Waals surface area contributed by atoms with Crippen LogP contribution in [-0.2, 0) is 9.59 Å². The molecule has 7 heteroatoms. The summed E-state index contributed by atoms with van der Waals surface area (Å²) >= 11 is 0. The number of nitrogens with zero attached hydrogens (tertiary/aromatic N) is 1. The van der Waals surface area contributed by atoms with Gasteiger partial charge in [0.05, 0.1) is 25.4 Å². The van der Waals surface area contributed by atoms with Crippen molar-refractivity contribution in [1.82, 2.24) is 4.90 Å². The summed E-state index contributed by atoms with van der Waals surface area (Å²) in [5.74, 6) is 0.195. The van der Waals surface area contributed by atoms with Crippen molar-refractivity contribution in [2.24, 2.45) is 0 Å². The third-order valence-corrected chi connectivity index (χ3v) is 3.72. The molecule has 2 rings (SSSR count). The molecule has 1 fully saturated rings. The molecule has 1 aromatic carbocycles. The van der Waals surface area contributed by atoms with Gasteiger partial charge in [-0.2, -0.15) is 0 Å². The number of rotatable bonds is 5. The molecule has 0 radical (unpaired) electrons. The molecule has 0 bridgehead atoms. The Labute approximate surface area is 135 Å². The van der Waals surface area contributed by atoms with Crippen LogP contribution in [0.5, 0.6) is 5.75 Å². The number of carbonyl (C=O) groups is 2. The number of ether oxygens (including phenoxy) is 1. The van der Waals surface area contributed by atoms with Crippen molar-refractivity contribution >= 4 is 23.2 Å². The van der Waals surface area contributed by atoms with Crippen LogP contribution in [-0.4, -0.2) is 54.7 Å². The minimum absolute atomic E-state index is 0.153. The molecule has 3 N–H and O–H groups in total. The molecular formula is C16H23N3O4. The molecule has 0 aromatic heterocycles. The molecule has 0 aliphatic carbocycles. The van der Waals surface area contributed by atoms with Crippen LogP contribution in [0.3, 0.4) is 0 Å². The van der Waals surface area contributed by atoms with Gasteiger partial charge in [0.15, 0.2) is 0 Å². The Morgan fingerprint density at radius 1 is 1.30 bits per heavy atom. The zero-order valence-corrected chi connectivity index (χ0v) is 13.5. The van der Waals surface area contributed by atoms with E-state index in [1.165, 1.54) is 14.0 Å². The first-order chi connectivity index (χ1) is 11.0. The van der Waals surface area contributed by atoms with Crippen LogP contribution in [0, 0.1) is 0 Å². The van der Waals surface area contributed by atoms with E-state index in [4.69, 9.17) is 4.74 Å². The van der Waals surface area contributed by atoms with Gasteiger partial charge in [-0.25, -0.2) is 0 Å². The molecule has 0 unspecified atom stereocenters. The van der Waals surface area contributed by atoms with Crippen molar-refractivity contribution in [2.75, 3.05) is 37.4 Å². The Morgan fingerprint density at radius 3 is 2.61 bits per heavy atom. The lowest BCUT2D eigenvalue weighted by Crippen LogP contribution is -2.40. The fourth-order valence-electron chi connectivity index (χ4n) is 2.56. The summed E-state index contributed by atoms with van der Waals surface area (Å²) in [4.78, 5) is 25.3. The Kier molecular flexibility index (Phi) is 5.95. The first-order valence-corrected chi connectivity index (χ1v) is 7.64. The van der Waals surface area contributed by atoms with Crippen LogP contribution in [0.1, 0.15) is 19.8 Å². The lowest BCUT2D eigenvalue weighted by Gasteiger charge is -2.28. The van der Waals surface area contributed by atoms with Gasteiger partial charge in [-0.15, -0.1) is 0 Å².